The molecule has 1 fully saturated rings. The highest BCUT2D eigenvalue weighted by atomic mass is 32.2. The molecule has 156 valence electrons. The average Bonchev–Trinajstić information content (AvgIpc) is 3.38. The Morgan fingerprint density at radius 1 is 1.00 bits per heavy atom. The molecule has 0 atom stereocenters. The lowest BCUT2D eigenvalue weighted by molar-refractivity contribution is -0.255. The summed E-state index contributed by atoms with van der Waals surface area (Å²) >= 11 is 6.73. The molecule has 5 nitrogen and oxygen atoms in total. The fourth-order valence-corrected chi connectivity index (χ4v) is 4.86. The summed E-state index contributed by atoms with van der Waals surface area (Å²) in [6.07, 6.45) is 1.65. The van der Waals surface area contributed by atoms with Gasteiger partial charge >= 0.3 is 0 Å². The Morgan fingerprint density at radius 2 is 1.78 bits per heavy atom. The number of carbonyl (C=O) groups excluding carboxylic acids is 2. The smallest absolute Gasteiger partial charge is 0.270 e. The third-order valence-corrected chi connectivity index (χ3v) is 6.39. The first-order valence-electron chi connectivity index (χ1n) is 9.68. The van der Waals surface area contributed by atoms with Crippen LogP contribution in [0.15, 0.2) is 88.2 Å². The zero-order valence-electron chi connectivity index (χ0n) is 16.5. The third-order valence-electron chi connectivity index (χ3n) is 5.08. The van der Waals surface area contributed by atoms with Crippen molar-refractivity contribution in [3.05, 3.63) is 95.1 Å². The minimum Gasteiger partial charge on any atom is -0.545 e. The summed E-state index contributed by atoms with van der Waals surface area (Å²) in [5.41, 5.74) is 1.42. The van der Waals surface area contributed by atoms with Crippen molar-refractivity contribution in [1.82, 2.24) is 0 Å². The first kappa shape index (κ1) is 20.2. The van der Waals surface area contributed by atoms with Gasteiger partial charge in [0.15, 0.2) is 4.32 Å². The molecule has 2 heterocycles. The van der Waals surface area contributed by atoms with Crippen molar-refractivity contribution in [2.75, 3.05) is 4.90 Å². The number of rotatable bonds is 4. The van der Waals surface area contributed by atoms with Crippen LogP contribution in [-0.2, 0) is 4.79 Å². The number of nitrogens with zero attached hydrogens (tertiary/aromatic N) is 1. The second-order valence-corrected chi connectivity index (χ2v) is 8.76. The van der Waals surface area contributed by atoms with Crippen LogP contribution in [0.3, 0.4) is 0 Å². The Labute approximate surface area is 193 Å². The lowest BCUT2D eigenvalue weighted by Gasteiger charge is -2.17. The molecule has 1 saturated heterocycles. The van der Waals surface area contributed by atoms with Crippen LogP contribution in [0.1, 0.15) is 16.1 Å². The number of carboxylic acid groups (broad SMARTS) is 1. The zero-order chi connectivity index (χ0) is 22.2. The molecule has 32 heavy (non-hydrogen) atoms. The van der Waals surface area contributed by atoms with Crippen LogP contribution in [0.2, 0.25) is 0 Å². The molecule has 1 aromatic heterocycles. The summed E-state index contributed by atoms with van der Waals surface area (Å²) in [5.74, 6) is -0.509. The maximum Gasteiger partial charge on any atom is 0.270 e. The lowest BCUT2D eigenvalue weighted by atomic mass is 10.1. The number of thiocarbonyl (C=S) groups is 1. The van der Waals surface area contributed by atoms with Crippen LogP contribution in [0.4, 0.5) is 5.69 Å². The second kappa shape index (κ2) is 8.11. The maximum absolute atomic E-state index is 13.2. The van der Waals surface area contributed by atoms with Gasteiger partial charge in [-0.15, -0.1) is 0 Å². The van der Waals surface area contributed by atoms with E-state index in [4.69, 9.17) is 16.6 Å². The minimum absolute atomic E-state index is 0.0661. The van der Waals surface area contributed by atoms with Gasteiger partial charge in [-0.05, 0) is 35.2 Å². The molecule has 1 aliphatic heterocycles. The van der Waals surface area contributed by atoms with E-state index in [1.165, 1.54) is 23.9 Å². The van der Waals surface area contributed by atoms with Gasteiger partial charge in [0.1, 0.15) is 11.5 Å². The number of thioether (sulfide) groups is 1. The maximum atomic E-state index is 13.2. The van der Waals surface area contributed by atoms with Crippen LogP contribution in [0.5, 0.6) is 0 Å². The Bertz CT molecular complexity index is 1430. The van der Waals surface area contributed by atoms with Crippen molar-refractivity contribution in [2.45, 2.75) is 0 Å². The number of benzene rings is 3. The summed E-state index contributed by atoms with van der Waals surface area (Å²) in [4.78, 5) is 26.3. The Morgan fingerprint density at radius 3 is 2.62 bits per heavy atom. The molecule has 1 aliphatic rings. The monoisotopic (exact) mass is 456 g/mol. The van der Waals surface area contributed by atoms with Crippen molar-refractivity contribution in [2.24, 2.45) is 0 Å². The third kappa shape index (κ3) is 3.62. The van der Waals surface area contributed by atoms with Crippen molar-refractivity contribution in [1.29, 1.82) is 0 Å². The topological polar surface area (TPSA) is 73.6 Å². The first-order chi connectivity index (χ1) is 15.5. The van der Waals surface area contributed by atoms with Gasteiger partial charge in [0, 0.05) is 17.0 Å². The van der Waals surface area contributed by atoms with Gasteiger partial charge in [0.05, 0.1) is 16.6 Å². The van der Waals surface area contributed by atoms with Crippen molar-refractivity contribution >= 4 is 62.7 Å². The molecule has 0 unspecified atom stereocenters. The molecule has 0 aliphatic carbocycles. The lowest BCUT2D eigenvalue weighted by Crippen LogP contribution is -2.27. The van der Waals surface area contributed by atoms with Crippen LogP contribution < -0.4 is 10.0 Å². The largest absolute Gasteiger partial charge is 0.545 e. The van der Waals surface area contributed by atoms with Gasteiger partial charge in [-0.3, -0.25) is 9.69 Å². The van der Waals surface area contributed by atoms with E-state index in [9.17, 15) is 14.7 Å². The van der Waals surface area contributed by atoms with Gasteiger partial charge in [-0.2, -0.15) is 0 Å². The fraction of sp³-hybridized carbons (Fsp3) is 0. The van der Waals surface area contributed by atoms with Crippen molar-refractivity contribution in [3.63, 3.8) is 0 Å². The molecule has 1 amide bonds. The SMILES string of the molecule is O=C([O-])c1cccc(-c2ccc(/C=C3/SC(=S)N(c4cccc5ccccc45)C3=O)o2)c1. The molecule has 5 rings (SSSR count). The summed E-state index contributed by atoms with van der Waals surface area (Å²) in [5, 5.41) is 13.1. The zero-order valence-corrected chi connectivity index (χ0v) is 18.1. The number of hydrogen-bond acceptors (Lipinski definition) is 6. The van der Waals surface area contributed by atoms with E-state index in [2.05, 4.69) is 0 Å². The predicted molar refractivity (Wildman–Crippen MR) is 128 cm³/mol. The Hall–Kier alpha value is -3.68. The standard InChI is InChI=1S/C25H15NO4S2/c27-23-22(14-18-11-12-21(30-18)16-7-3-8-17(13-16)24(28)29)32-25(31)26(23)20-10-4-6-15-5-1-2-9-19(15)20/h1-14H,(H,28,29)/p-1/b22-14+. The number of furan rings is 1. The number of fused-ring (bicyclic) bond motifs is 1. The van der Waals surface area contributed by atoms with E-state index < -0.39 is 5.97 Å². The molecule has 7 heteroatoms. The summed E-state index contributed by atoms with van der Waals surface area (Å²) in [6, 6.07) is 23.4. The van der Waals surface area contributed by atoms with E-state index in [0.29, 0.717) is 26.3 Å². The number of anilines is 1. The number of amides is 1. The number of carbonyl (C=O) groups is 2. The quantitative estimate of drug-likeness (QED) is 0.322. The molecular weight excluding hydrogens is 442 g/mol. The van der Waals surface area contributed by atoms with Crippen LogP contribution in [0, 0.1) is 0 Å². The van der Waals surface area contributed by atoms with Gasteiger partial charge in [0.25, 0.3) is 5.91 Å². The van der Waals surface area contributed by atoms with E-state index in [1.807, 2.05) is 42.5 Å². The van der Waals surface area contributed by atoms with Crippen molar-refractivity contribution in [3.8, 4) is 11.3 Å². The number of hydrogen-bond donors (Lipinski definition) is 0. The summed E-state index contributed by atoms with van der Waals surface area (Å²) in [6.45, 7) is 0. The molecule has 0 radical (unpaired) electrons. The Balaban J connectivity index is 1.46. The van der Waals surface area contributed by atoms with Crippen molar-refractivity contribution < 1.29 is 19.1 Å². The number of aromatic carboxylic acids is 1. The van der Waals surface area contributed by atoms with Gasteiger partial charge in [-0.1, -0.05) is 78.6 Å². The number of carboxylic acids is 1. The van der Waals surface area contributed by atoms with Crippen LogP contribution in [0.25, 0.3) is 28.2 Å². The van der Waals surface area contributed by atoms with Gasteiger partial charge in [-0.25, -0.2) is 0 Å². The molecular formula is C25H14NO4S2-. The van der Waals surface area contributed by atoms with Gasteiger partial charge < -0.3 is 14.3 Å². The summed E-state index contributed by atoms with van der Waals surface area (Å²) in [7, 11) is 0. The van der Waals surface area contributed by atoms with E-state index in [0.717, 1.165) is 16.5 Å². The molecule has 0 bridgehead atoms. The van der Waals surface area contributed by atoms with Gasteiger partial charge in [0.2, 0.25) is 0 Å². The fourth-order valence-electron chi connectivity index (χ4n) is 3.59. The molecule has 0 N–H and O–H groups in total. The van der Waals surface area contributed by atoms with E-state index >= 15 is 0 Å². The Kier molecular flexibility index (Phi) is 5.13. The predicted octanol–water partition coefficient (Wildman–Crippen LogP) is 4.87. The highest BCUT2D eigenvalue weighted by Crippen LogP contribution is 2.39. The van der Waals surface area contributed by atoms with Crippen LogP contribution >= 0.6 is 24.0 Å². The minimum atomic E-state index is -1.25. The first-order valence-corrected chi connectivity index (χ1v) is 10.9. The van der Waals surface area contributed by atoms with Crippen LogP contribution in [-0.4, -0.2) is 16.2 Å². The normalized spacial score (nSPS) is 15.1. The molecule has 4 aromatic rings. The second-order valence-electron chi connectivity index (χ2n) is 7.09. The molecule has 3 aromatic carbocycles. The highest BCUT2D eigenvalue weighted by molar-refractivity contribution is 8.27. The highest BCUT2D eigenvalue weighted by Gasteiger charge is 2.34. The average molecular weight is 457 g/mol. The molecule has 0 saturated carbocycles. The van der Waals surface area contributed by atoms with E-state index in [1.54, 1.807) is 35.2 Å². The molecule has 0 spiro atoms. The summed E-state index contributed by atoms with van der Waals surface area (Å²) < 4.78 is 6.29. The van der Waals surface area contributed by atoms with E-state index in [-0.39, 0.29) is 11.5 Å².